The fraction of sp³-hybridized carbons (Fsp3) is 0.350. The lowest BCUT2D eigenvalue weighted by atomic mass is 9.92. The maximum atomic E-state index is 12.5. The average molecular weight is 453 g/mol. The number of amides is 2. The summed E-state index contributed by atoms with van der Waals surface area (Å²) in [5.41, 5.74) is -0.0609. The Morgan fingerprint density at radius 2 is 1.94 bits per heavy atom. The molecule has 32 heavy (non-hydrogen) atoms. The van der Waals surface area contributed by atoms with Gasteiger partial charge in [-0.25, -0.2) is 9.78 Å². The van der Waals surface area contributed by atoms with Crippen molar-refractivity contribution in [1.82, 2.24) is 20.5 Å². The molecule has 12 heteroatoms. The Morgan fingerprint density at radius 3 is 2.59 bits per heavy atom. The molecule has 0 bridgehead atoms. The predicted octanol–water partition coefficient (Wildman–Crippen LogP) is 3.51. The zero-order chi connectivity index (χ0) is 23.4. The highest BCUT2D eigenvalue weighted by molar-refractivity contribution is 5.92. The van der Waals surface area contributed by atoms with Gasteiger partial charge in [-0.15, -0.1) is 18.3 Å². The van der Waals surface area contributed by atoms with E-state index in [0.717, 1.165) is 5.56 Å². The Labute approximate surface area is 180 Å². The van der Waals surface area contributed by atoms with Gasteiger partial charge >= 0.3 is 12.4 Å². The van der Waals surface area contributed by atoms with Crippen LogP contribution in [-0.2, 0) is 4.74 Å². The molecule has 4 N–H and O–H groups in total. The predicted molar refractivity (Wildman–Crippen MR) is 109 cm³/mol. The molecule has 0 aliphatic carbocycles. The van der Waals surface area contributed by atoms with Crippen LogP contribution in [0.1, 0.15) is 25.5 Å². The zero-order valence-electron chi connectivity index (χ0n) is 17.2. The number of alkyl halides is 3. The molecule has 1 atom stereocenters. The monoisotopic (exact) mass is 453 g/mol. The Kier molecular flexibility index (Phi) is 6.84. The number of aromatic nitrogens is 3. The first kappa shape index (κ1) is 23.3. The van der Waals surface area contributed by atoms with Gasteiger partial charge in [0.05, 0.1) is 29.2 Å². The molecule has 0 saturated heterocycles. The van der Waals surface area contributed by atoms with E-state index in [1.165, 1.54) is 12.3 Å². The van der Waals surface area contributed by atoms with E-state index in [2.05, 4.69) is 30.6 Å². The van der Waals surface area contributed by atoms with E-state index in [-0.39, 0.29) is 18.3 Å². The van der Waals surface area contributed by atoms with E-state index < -0.39 is 30.6 Å². The maximum Gasteiger partial charge on any atom is 0.522 e. The summed E-state index contributed by atoms with van der Waals surface area (Å²) in [5, 5.41) is 22.7. The number of fused-ring (bicyclic) bond motifs is 1. The highest BCUT2D eigenvalue weighted by atomic mass is 19.4. The molecule has 1 aromatic carbocycles. The smallest absolute Gasteiger partial charge is 0.474 e. The molecule has 0 aliphatic heterocycles. The lowest BCUT2D eigenvalue weighted by Gasteiger charge is -2.30. The number of carbonyl (C=O) groups excluding carboxylic acids is 1. The number of hydrogen-bond acceptors (Lipinski definition) is 6. The minimum absolute atomic E-state index is 0.0560. The summed E-state index contributed by atoms with van der Waals surface area (Å²) < 4.78 is 44.8. The first-order valence-electron chi connectivity index (χ1n) is 9.55. The molecular formula is C20H22F3N5O4. The number of nitrogens with one attached hydrogen (secondary N) is 3. The molecule has 2 amide bonds. The minimum atomic E-state index is -4.73. The fourth-order valence-electron chi connectivity index (χ4n) is 2.96. The van der Waals surface area contributed by atoms with Gasteiger partial charge in [0.25, 0.3) is 0 Å². The molecule has 0 fully saturated rings. The van der Waals surface area contributed by atoms with Crippen molar-refractivity contribution in [2.75, 3.05) is 18.5 Å². The number of aliphatic hydroxyl groups is 1. The van der Waals surface area contributed by atoms with Crippen LogP contribution in [0.3, 0.4) is 0 Å². The Morgan fingerprint density at radius 1 is 1.22 bits per heavy atom. The van der Waals surface area contributed by atoms with Crippen molar-refractivity contribution in [3.63, 3.8) is 0 Å². The van der Waals surface area contributed by atoms with Crippen LogP contribution in [0.4, 0.5) is 23.8 Å². The van der Waals surface area contributed by atoms with E-state index in [9.17, 15) is 23.1 Å². The maximum absolute atomic E-state index is 12.5. The van der Waals surface area contributed by atoms with Crippen LogP contribution >= 0.6 is 0 Å². The van der Waals surface area contributed by atoms with Crippen molar-refractivity contribution < 1.29 is 32.5 Å². The van der Waals surface area contributed by atoms with E-state index in [4.69, 9.17) is 4.74 Å². The van der Waals surface area contributed by atoms with Crippen LogP contribution in [0.5, 0.6) is 5.88 Å². The number of benzene rings is 1. The van der Waals surface area contributed by atoms with Crippen molar-refractivity contribution >= 4 is 22.8 Å². The topological polar surface area (TPSA) is 121 Å². The summed E-state index contributed by atoms with van der Waals surface area (Å²) in [4.78, 5) is 16.6. The summed E-state index contributed by atoms with van der Waals surface area (Å²) in [6.07, 6.45) is -3.37. The number of nitrogens with zero attached hydrogens (tertiary/aromatic N) is 2. The molecule has 3 aromatic rings. The summed E-state index contributed by atoms with van der Waals surface area (Å²) in [6, 6.07) is 9.23. The second-order valence-corrected chi connectivity index (χ2v) is 7.38. The molecule has 0 saturated carbocycles. The second kappa shape index (κ2) is 9.40. The second-order valence-electron chi connectivity index (χ2n) is 7.38. The van der Waals surface area contributed by atoms with Gasteiger partial charge in [-0.1, -0.05) is 30.3 Å². The van der Waals surface area contributed by atoms with Crippen LogP contribution in [0.15, 0.2) is 42.6 Å². The summed E-state index contributed by atoms with van der Waals surface area (Å²) in [5.74, 6) is 0.244. The third kappa shape index (κ3) is 6.31. The molecule has 0 aliphatic rings. The lowest BCUT2D eigenvalue weighted by molar-refractivity contribution is -0.325. The largest absolute Gasteiger partial charge is 0.522 e. The van der Waals surface area contributed by atoms with Gasteiger partial charge in [-0.05, 0) is 19.4 Å². The molecule has 0 spiro atoms. The molecule has 0 unspecified atom stereocenters. The SMILES string of the molecule is CC(C)(O)[C@@H](NC(=O)Nc1cc2[nH]nc(OCCOC(F)(F)F)c2cn1)c1ccccc1. The van der Waals surface area contributed by atoms with E-state index in [1.807, 2.05) is 6.07 Å². The minimum Gasteiger partial charge on any atom is -0.474 e. The van der Waals surface area contributed by atoms with Gasteiger partial charge in [0.15, 0.2) is 0 Å². The molecule has 3 rings (SSSR count). The third-order valence-electron chi connectivity index (χ3n) is 4.36. The molecule has 2 heterocycles. The van der Waals surface area contributed by atoms with Crippen molar-refractivity contribution in [1.29, 1.82) is 0 Å². The van der Waals surface area contributed by atoms with E-state index in [1.54, 1.807) is 38.1 Å². The lowest BCUT2D eigenvalue weighted by Crippen LogP contribution is -2.43. The average Bonchev–Trinajstić information content (AvgIpc) is 3.11. The summed E-state index contributed by atoms with van der Waals surface area (Å²) in [7, 11) is 0. The Balaban J connectivity index is 1.64. The number of halogens is 3. The van der Waals surface area contributed by atoms with Gasteiger partial charge < -0.3 is 15.2 Å². The van der Waals surface area contributed by atoms with Crippen LogP contribution in [0, 0.1) is 0 Å². The number of aromatic amines is 1. The van der Waals surface area contributed by atoms with E-state index in [0.29, 0.717) is 10.9 Å². The number of urea groups is 1. The quantitative estimate of drug-likeness (QED) is 0.388. The van der Waals surface area contributed by atoms with Crippen molar-refractivity contribution in [3.8, 4) is 5.88 Å². The van der Waals surface area contributed by atoms with Gasteiger partial charge in [0.1, 0.15) is 12.4 Å². The van der Waals surface area contributed by atoms with Crippen LogP contribution in [0.25, 0.3) is 10.9 Å². The molecule has 172 valence electrons. The number of anilines is 1. The molecule has 0 radical (unpaired) electrons. The van der Waals surface area contributed by atoms with Gasteiger partial charge in [0, 0.05) is 12.3 Å². The Hall–Kier alpha value is -3.38. The molecular weight excluding hydrogens is 431 g/mol. The van der Waals surface area contributed by atoms with Crippen LogP contribution in [0.2, 0.25) is 0 Å². The number of H-pyrrole nitrogens is 1. The number of ether oxygens (including phenoxy) is 2. The summed E-state index contributed by atoms with van der Waals surface area (Å²) >= 11 is 0. The van der Waals surface area contributed by atoms with Crippen molar-refractivity contribution in [2.24, 2.45) is 0 Å². The highest BCUT2D eigenvalue weighted by Crippen LogP contribution is 2.26. The number of hydrogen-bond donors (Lipinski definition) is 4. The molecule has 2 aromatic heterocycles. The van der Waals surface area contributed by atoms with Crippen molar-refractivity contribution in [2.45, 2.75) is 31.9 Å². The highest BCUT2D eigenvalue weighted by Gasteiger charge is 2.30. The Bertz CT molecular complexity index is 1050. The molecule has 9 nitrogen and oxygen atoms in total. The first-order chi connectivity index (χ1) is 15.0. The van der Waals surface area contributed by atoms with Gasteiger partial charge in [-0.3, -0.25) is 15.2 Å². The van der Waals surface area contributed by atoms with Crippen LogP contribution < -0.4 is 15.4 Å². The normalized spacial score (nSPS) is 13.1. The van der Waals surface area contributed by atoms with Gasteiger partial charge in [0.2, 0.25) is 5.88 Å². The number of rotatable bonds is 8. The number of carbonyl (C=O) groups is 1. The zero-order valence-corrected chi connectivity index (χ0v) is 17.2. The van der Waals surface area contributed by atoms with Gasteiger partial charge in [-0.2, -0.15) is 0 Å². The number of pyridine rings is 1. The summed E-state index contributed by atoms with van der Waals surface area (Å²) in [6.45, 7) is 2.12. The standard InChI is InChI=1S/C20H22F3N5O4/c1-19(2,30)16(12-6-4-3-5-7-12)26-18(29)25-15-10-14-13(11-24-15)17(28-27-14)31-8-9-32-20(21,22)23/h3-7,10-11,16,30H,8-9H2,1-2H3,(H,27,28)(H2,24,25,26,29)/t16-/m0/s1. The van der Waals surface area contributed by atoms with E-state index >= 15 is 0 Å². The van der Waals surface area contributed by atoms with Crippen LogP contribution in [-0.4, -0.2) is 51.5 Å². The first-order valence-corrected chi connectivity index (χ1v) is 9.55. The fourth-order valence-corrected chi connectivity index (χ4v) is 2.96. The van der Waals surface area contributed by atoms with Crippen molar-refractivity contribution in [3.05, 3.63) is 48.2 Å². The third-order valence-corrected chi connectivity index (χ3v) is 4.36.